The molecule has 0 saturated carbocycles. The van der Waals surface area contributed by atoms with Crippen molar-refractivity contribution in [1.29, 1.82) is 0 Å². The Hall–Kier alpha value is -1.85. The summed E-state index contributed by atoms with van der Waals surface area (Å²) >= 11 is 3.53. The minimum Gasteiger partial charge on any atom is -0.496 e. The number of amides is 1. The Morgan fingerprint density at radius 2 is 2.00 bits per heavy atom. The molecule has 1 unspecified atom stereocenters. The van der Waals surface area contributed by atoms with Gasteiger partial charge in [0.1, 0.15) is 12.3 Å². The lowest BCUT2D eigenvalue weighted by Crippen LogP contribution is -3.11. The second kappa shape index (κ2) is 9.59. The molecule has 0 saturated heterocycles. The molecule has 2 N–H and O–H groups in total. The average molecular weight is 406 g/mol. The van der Waals surface area contributed by atoms with Gasteiger partial charge in [-0.3, -0.25) is 4.79 Å². The fraction of sp³-hybridized carbons (Fsp3) is 0.350. The van der Waals surface area contributed by atoms with Crippen LogP contribution in [0.2, 0.25) is 0 Å². The molecule has 0 fully saturated rings. The second-order valence-electron chi connectivity index (χ2n) is 6.19. The molecule has 0 aliphatic heterocycles. The van der Waals surface area contributed by atoms with Crippen molar-refractivity contribution in [3.05, 3.63) is 58.1 Å². The van der Waals surface area contributed by atoms with E-state index in [1.807, 2.05) is 37.3 Å². The number of nitrogens with one attached hydrogen (secondary N) is 2. The minimum atomic E-state index is 0.0466. The van der Waals surface area contributed by atoms with Gasteiger partial charge in [-0.15, -0.1) is 0 Å². The van der Waals surface area contributed by atoms with Gasteiger partial charge >= 0.3 is 0 Å². The Bertz CT molecular complexity index is 719. The minimum absolute atomic E-state index is 0.0466. The number of halogens is 1. The average Bonchev–Trinajstić information content (AvgIpc) is 2.57. The van der Waals surface area contributed by atoms with Crippen LogP contribution in [0.25, 0.3) is 0 Å². The van der Waals surface area contributed by atoms with E-state index in [4.69, 9.17) is 4.74 Å². The van der Waals surface area contributed by atoms with Gasteiger partial charge in [-0.05, 0) is 59.1 Å². The van der Waals surface area contributed by atoms with E-state index in [2.05, 4.69) is 40.3 Å². The molecule has 0 bridgehead atoms. The van der Waals surface area contributed by atoms with E-state index >= 15 is 0 Å². The molecule has 25 heavy (non-hydrogen) atoms. The maximum atomic E-state index is 12.4. The van der Waals surface area contributed by atoms with E-state index in [1.54, 1.807) is 7.11 Å². The van der Waals surface area contributed by atoms with Crippen LogP contribution in [0.15, 0.2) is 46.9 Å². The van der Waals surface area contributed by atoms with Gasteiger partial charge in [-0.2, -0.15) is 0 Å². The van der Waals surface area contributed by atoms with Gasteiger partial charge in [0.2, 0.25) is 0 Å². The van der Waals surface area contributed by atoms with Crippen molar-refractivity contribution in [3.8, 4) is 5.75 Å². The van der Waals surface area contributed by atoms with Crippen LogP contribution in [0.4, 0.5) is 5.69 Å². The van der Waals surface area contributed by atoms with Crippen LogP contribution < -0.4 is 15.0 Å². The maximum Gasteiger partial charge on any atom is 0.279 e. The lowest BCUT2D eigenvalue weighted by atomic mass is 10.2. The molecule has 4 nitrogen and oxygen atoms in total. The van der Waals surface area contributed by atoms with Crippen molar-refractivity contribution < 1.29 is 14.4 Å². The number of anilines is 1. The Labute approximate surface area is 158 Å². The lowest BCUT2D eigenvalue weighted by molar-refractivity contribution is -0.905. The van der Waals surface area contributed by atoms with Crippen LogP contribution in [0.3, 0.4) is 0 Å². The topological polar surface area (TPSA) is 42.8 Å². The fourth-order valence-electron chi connectivity index (χ4n) is 2.84. The van der Waals surface area contributed by atoms with Gasteiger partial charge in [-0.25, -0.2) is 0 Å². The first-order chi connectivity index (χ1) is 12.0. The molecule has 0 aliphatic carbocycles. The highest BCUT2D eigenvalue weighted by molar-refractivity contribution is 9.10. The van der Waals surface area contributed by atoms with Crippen LogP contribution in [0, 0.1) is 6.92 Å². The molecule has 2 aromatic carbocycles. The summed E-state index contributed by atoms with van der Waals surface area (Å²) in [5.41, 5.74) is 3.14. The van der Waals surface area contributed by atoms with Crippen LogP contribution in [-0.2, 0) is 11.3 Å². The number of benzene rings is 2. The largest absolute Gasteiger partial charge is 0.496 e. The predicted octanol–water partition coefficient (Wildman–Crippen LogP) is 3.20. The molecule has 0 spiro atoms. The number of quaternary nitrogens is 1. The zero-order chi connectivity index (χ0) is 18.2. The first kappa shape index (κ1) is 19.5. The zero-order valence-electron chi connectivity index (χ0n) is 15.1. The summed E-state index contributed by atoms with van der Waals surface area (Å²) < 4.78 is 6.21. The lowest BCUT2D eigenvalue weighted by Gasteiger charge is -2.19. The number of carbonyl (C=O) groups is 1. The SMILES string of the molecule is CCC[NH+](CC(=O)Nc1ccccc1C)Cc1ccc(OC)c(Br)c1. The van der Waals surface area contributed by atoms with Crippen molar-refractivity contribution in [2.45, 2.75) is 26.8 Å². The van der Waals surface area contributed by atoms with E-state index in [-0.39, 0.29) is 5.91 Å². The Morgan fingerprint density at radius 3 is 2.64 bits per heavy atom. The molecule has 2 rings (SSSR count). The van der Waals surface area contributed by atoms with E-state index in [1.165, 1.54) is 10.5 Å². The highest BCUT2D eigenvalue weighted by atomic mass is 79.9. The van der Waals surface area contributed by atoms with Gasteiger partial charge in [0.05, 0.1) is 18.1 Å². The van der Waals surface area contributed by atoms with Crippen molar-refractivity contribution >= 4 is 27.5 Å². The van der Waals surface area contributed by atoms with Crippen molar-refractivity contribution in [2.24, 2.45) is 0 Å². The van der Waals surface area contributed by atoms with E-state index in [0.29, 0.717) is 6.54 Å². The van der Waals surface area contributed by atoms with Gasteiger partial charge in [0.25, 0.3) is 5.91 Å². The number of rotatable bonds is 8. The summed E-state index contributed by atoms with van der Waals surface area (Å²) in [5.74, 6) is 0.864. The molecule has 5 heteroatoms. The molecule has 2 aromatic rings. The quantitative estimate of drug-likeness (QED) is 0.707. The Kier molecular flexibility index (Phi) is 7.47. The summed E-state index contributed by atoms with van der Waals surface area (Å²) in [6.07, 6.45) is 1.03. The monoisotopic (exact) mass is 405 g/mol. The van der Waals surface area contributed by atoms with E-state index in [9.17, 15) is 4.79 Å². The second-order valence-corrected chi connectivity index (χ2v) is 7.04. The highest BCUT2D eigenvalue weighted by Gasteiger charge is 2.15. The molecule has 0 aliphatic rings. The van der Waals surface area contributed by atoms with E-state index < -0.39 is 0 Å². The predicted molar refractivity (Wildman–Crippen MR) is 105 cm³/mol. The molecule has 134 valence electrons. The number of methoxy groups -OCH3 is 1. The van der Waals surface area contributed by atoms with Crippen LogP contribution in [-0.4, -0.2) is 26.1 Å². The van der Waals surface area contributed by atoms with E-state index in [0.717, 1.165) is 41.0 Å². The Morgan fingerprint density at radius 1 is 1.24 bits per heavy atom. The maximum absolute atomic E-state index is 12.4. The number of hydrogen-bond donors (Lipinski definition) is 2. The molecule has 0 radical (unpaired) electrons. The summed E-state index contributed by atoms with van der Waals surface area (Å²) in [7, 11) is 1.66. The smallest absolute Gasteiger partial charge is 0.279 e. The van der Waals surface area contributed by atoms with Crippen LogP contribution >= 0.6 is 15.9 Å². The Balaban J connectivity index is 2.01. The third kappa shape index (κ3) is 5.87. The van der Waals surface area contributed by atoms with Crippen molar-refractivity contribution in [3.63, 3.8) is 0 Å². The third-order valence-corrected chi connectivity index (χ3v) is 4.72. The molecule has 0 aromatic heterocycles. The first-order valence-electron chi connectivity index (χ1n) is 8.55. The number of carbonyl (C=O) groups excluding carboxylic acids is 1. The molecule has 0 heterocycles. The van der Waals surface area contributed by atoms with Crippen molar-refractivity contribution in [1.82, 2.24) is 0 Å². The van der Waals surface area contributed by atoms with Gasteiger partial charge < -0.3 is 15.0 Å². The van der Waals surface area contributed by atoms with Crippen molar-refractivity contribution in [2.75, 3.05) is 25.5 Å². The zero-order valence-corrected chi connectivity index (χ0v) is 16.7. The summed E-state index contributed by atoms with van der Waals surface area (Å²) in [6, 6.07) is 13.9. The summed E-state index contributed by atoms with van der Waals surface area (Å²) in [4.78, 5) is 13.7. The number of hydrogen-bond acceptors (Lipinski definition) is 2. The van der Waals surface area contributed by atoms with Gasteiger partial charge in [0.15, 0.2) is 6.54 Å². The molecular weight excluding hydrogens is 380 g/mol. The van der Waals surface area contributed by atoms with Gasteiger partial charge in [0, 0.05) is 11.3 Å². The fourth-order valence-corrected chi connectivity index (χ4v) is 3.42. The van der Waals surface area contributed by atoms with Crippen LogP contribution in [0.5, 0.6) is 5.75 Å². The summed E-state index contributed by atoms with van der Waals surface area (Å²) in [5, 5.41) is 3.03. The number of para-hydroxylation sites is 1. The number of aryl methyl sites for hydroxylation is 1. The molecule has 1 atom stereocenters. The standard InChI is InChI=1S/C20H25BrN2O2/c1-4-11-23(13-16-9-10-19(25-3)17(21)12-16)14-20(24)22-18-8-6-5-7-15(18)2/h5-10,12H,4,11,13-14H2,1-3H3,(H,22,24)/p+1. The van der Waals surface area contributed by atoms with Gasteiger partial charge in [-0.1, -0.05) is 25.1 Å². The molecular formula is C20H26BrN2O2+. The first-order valence-corrected chi connectivity index (χ1v) is 9.34. The summed E-state index contributed by atoms with van der Waals surface area (Å²) in [6.45, 7) is 6.35. The molecule has 1 amide bonds. The number of ether oxygens (including phenoxy) is 1. The highest BCUT2D eigenvalue weighted by Crippen LogP contribution is 2.25. The normalized spacial score (nSPS) is 11.8. The van der Waals surface area contributed by atoms with Crippen LogP contribution in [0.1, 0.15) is 24.5 Å². The third-order valence-electron chi connectivity index (χ3n) is 4.10.